The van der Waals surface area contributed by atoms with Gasteiger partial charge < -0.3 is 9.64 Å². The van der Waals surface area contributed by atoms with Gasteiger partial charge in [0.25, 0.3) is 0 Å². The number of ether oxygens (including phenoxy) is 1. The molecule has 0 spiro atoms. The number of nitrogens with zero attached hydrogens (tertiary/aromatic N) is 1. The van der Waals surface area contributed by atoms with Crippen LogP contribution >= 0.6 is 0 Å². The Morgan fingerprint density at radius 3 is 2.12 bits per heavy atom. The molecule has 0 unspecified atom stereocenters. The van der Waals surface area contributed by atoms with E-state index in [-0.39, 0.29) is 30.3 Å². The second-order valence-electron chi connectivity index (χ2n) is 9.74. The first-order chi connectivity index (χ1) is 13.4. The summed E-state index contributed by atoms with van der Waals surface area (Å²) < 4.78 is 48.4. The van der Waals surface area contributed by atoms with Gasteiger partial charge in [-0.05, 0) is 76.5 Å². The van der Waals surface area contributed by atoms with Crippen molar-refractivity contribution in [1.29, 1.82) is 0 Å². The highest BCUT2D eigenvalue weighted by molar-refractivity contribution is 5.07. The SMILES string of the molecule is [2H]C1(OCC#CC(C)(C)C)CC([2H])([2H])N(CC2CCC(C(C)(C)C)CC2)C([2H])([2H])C1. The fourth-order valence-electron chi connectivity index (χ4n) is 3.63. The molecule has 1 saturated carbocycles. The lowest BCUT2D eigenvalue weighted by molar-refractivity contribution is 0.0171. The zero-order chi connectivity index (χ0) is 23.0. The highest BCUT2D eigenvalue weighted by Gasteiger charge is 2.31. The molecular weight excluding hydrogens is 306 g/mol. The third-order valence-electron chi connectivity index (χ3n) is 5.26. The smallest absolute Gasteiger partial charge is 0.108 e. The van der Waals surface area contributed by atoms with E-state index in [9.17, 15) is 0 Å². The molecule has 2 aliphatic rings. The van der Waals surface area contributed by atoms with E-state index in [2.05, 4.69) is 32.6 Å². The van der Waals surface area contributed by atoms with Gasteiger partial charge in [0.05, 0.1) is 7.45 Å². The molecular formula is C23H41NO. The van der Waals surface area contributed by atoms with Crippen LogP contribution in [-0.2, 0) is 4.74 Å². The van der Waals surface area contributed by atoms with Crippen molar-refractivity contribution >= 4 is 0 Å². The highest BCUT2D eigenvalue weighted by Crippen LogP contribution is 2.40. The summed E-state index contributed by atoms with van der Waals surface area (Å²) in [5.74, 6) is 6.91. The molecule has 0 aromatic carbocycles. The molecule has 0 amide bonds. The van der Waals surface area contributed by atoms with Crippen molar-refractivity contribution in [3.8, 4) is 11.8 Å². The van der Waals surface area contributed by atoms with Crippen molar-refractivity contribution in [3.63, 3.8) is 0 Å². The van der Waals surface area contributed by atoms with E-state index >= 15 is 0 Å². The quantitative estimate of drug-likeness (QED) is 0.631. The van der Waals surface area contributed by atoms with E-state index in [0.717, 1.165) is 25.7 Å². The van der Waals surface area contributed by atoms with Gasteiger partial charge in [-0.3, -0.25) is 0 Å². The van der Waals surface area contributed by atoms with E-state index < -0.39 is 19.1 Å². The molecule has 1 saturated heterocycles. The van der Waals surface area contributed by atoms with Gasteiger partial charge >= 0.3 is 0 Å². The van der Waals surface area contributed by atoms with Gasteiger partial charge in [0.1, 0.15) is 6.61 Å². The van der Waals surface area contributed by atoms with Crippen LogP contribution in [0.25, 0.3) is 0 Å². The van der Waals surface area contributed by atoms with Crippen molar-refractivity contribution in [1.82, 2.24) is 4.90 Å². The molecule has 0 N–H and O–H groups in total. The normalized spacial score (nSPS) is 35.2. The molecule has 25 heavy (non-hydrogen) atoms. The second kappa shape index (κ2) is 8.92. The summed E-state index contributed by atoms with van der Waals surface area (Å²) in [6.45, 7) is 9.35. The summed E-state index contributed by atoms with van der Waals surface area (Å²) in [4.78, 5) is 1.36. The van der Waals surface area contributed by atoms with Crippen molar-refractivity contribution in [2.24, 2.45) is 22.7 Å². The average molecular weight is 353 g/mol. The van der Waals surface area contributed by atoms with Gasteiger partial charge in [0.2, 0.25) is 0 Å². The van der Waals surface area contributed by atoms with E-state index in [0.29, 0.717) is 18.4 Å². The third kappa shape index (κ3) is 7.71. The summed E-state index contributed by atoms with van der Waals surface area (Å²) in [5, 5.41) is 0. The van der Waals surface area contributed by atoms with E-state index in [4.69, 9.17) is 11.6 Å². The molecule has 2 fully saturated rings. The molecule has 1 aliphatic carbocycles. The maximum atomic E-state index is 8.57. The first kappa shape index (κ1) is 14.5. The standard InChI is InChI=1S/C23H41NO/c1-22(2,3)14-7-17-25-21-12-15-24(16-13-21)18-19-8-10-20(11-9-19)23(4,5)6/h19-21H,8-13,15-18H2,1-6H3/i15D2,16D2,21D. The van der Waals surface area contributed by atoms with Crippen LogP contribution in [0.1, 0.15) is 86.9 Å². The Balaban J connectivity index is 2.02. The second-order valence-corrected chi connectivity index (χ2v) is 9.74. The fraction of sp³-hybridized carbons (Fsp3) is 0.913. The Morgan fingerprint density at radius 2 is 1.60 bits per heavy atom. The minimum absolute atomic E-state index is 0.0176. The Bertz CT molecular complexity index is 627. The summed E-state index contributed by atoms with van der Waals surface area (Å²) in [6, 6.07) is 0. The lowest BCUT2D eigenvalue weighted by atomic mass is 9.70. The minimum Gasteiger partial charge on any atom is -0.365 e. The molecule has 2 heteroatoms. The van der Waals surface area contributed by atoms with Crippen LogP contribution in [0.2, 0.25) is 0 Å². The van der Waals surface area contributed by atoms with Crippen LogP contribution < -0.4 is 0 Å². The predicted molar refractivity (Wildman–Crippen MR) is 108 cm³/mol. The van der Waals surface area contributed by atoms with E-state index in [1.54, 1.807) is 0 Å². The first-order valence-corrected chi connectivity index (χ1v) is 9.85. The van der Waals surface area contributed by atoms with Gasteiger partial charge in [-0.2, -0.15) is 0 Å². The van der Waals surface area contributed by atoms with Crippen molar-refractivity contribution in [3.05, 3.63) is 0 Å². The highest BCUT2D eigenvalue weighted by atomic mass is 16.5. The Morgan fingerprint density at radius 1 is 1.00 bits per heavy atom. The van der Waals surface area contributed by atoms with Gasteiger partial charge in [-0.15, -0.1) is 0 Å². The Kier molecular flexibility index (Phi) is 5.18. The molecule has 0 radical (unpaired) electrons. The number of hydrogen-bond acceptors (Lipinski definition) is 2. The molecule has 0 atom stereocenters. The van der Waals surface area contributed by atoms with Crippen LogP contribution in [-0.4, -0.2) is 37.1 Å². The van der Waals surface area contributed by atoms with Gasteiger partial charge in [-0.25, -0.2) is 0 Å². The predicted octanol–water partition coefficient (Wildman–Crippen LogP) is 5.37. The third-order valence-corrected chi connectivity index (χ3v) is 5.26. The Hall–Kier alpha value is -0.520. The van der Waals surface area contributed by atoms with E-state index in [1.165, 1.54) is 4.90 Å². The van der Waals surface area contributed by atoms with Crippen LogP contribution in [0.15, 0.2) is 0 Å². The maximum Gasteiger partial charge on any atom is 0.108 e. The minimum atomic E-state index is -1.93. The van der Waals surface area contributed by atoms with E-state index in [1.807, 2.05) is 20.8 Å². The molecule has 2 nitrogen and oxygen atoms in total. The molecule has 1 aliphatic heterocycles. The summed E-state index contributed by atoms with van der Waals surface area (Å²) in [5.41, 5.74) is 0.120. The van der Waals surface area contributed by atoms with Crippen LogP contribution in [0.4, 0.5) is 0 Å². The van der Waals surface area contributed by atoms with Crippen LogP contribution in [0.5, 0.6) is 0 Å². The van der Waals surface area contributed by atoms with Crippen molar-refractivity contribution < 1.29 is 11.6 Å². The number of hydrogen-bond donors (Lipinski definition) is 0. The lowest BCUT2D eigenvalue weighted by Gasteiger charge is -2.39. The zero-order valence-electron chi connectivity index (χ0n) is 22.2. The largest absolute Gasteiger partial charge is 0.365 e. The Labute approximate surface area is 164 Å². The van der Waals surface area contributed by atoms with Crippen LogP contribution in [0.3, 0.4) is 0 Å². The number of likely N-dealkylation sites (tertiary alicyclic amines) is 1. The van der Waals surface area contributed by atoms with Crippen molar-refractivity contribution in [2.45, 2.75) is 86.1 Å². The van der Waals surface area contributed by atoms with Crippen molar-refractivity contribution in [2.75, 3.05) is 26.1 Å². The summed E-state index contributed by atoms with van der Waals surface area (Å²) >= 11 is 0. The molecule has 1 heterocycles. The molecule has 0 aromatic rings. The molecule has 0 bridgehead atoms. The van der Waals surface area contributed by atoms with Gasteiger partial charge in [0, 0.05) is 30.4 Å². The monoisotopic (exact) mass is 352 g/mol. The molecule has 0 aromatic heterocycles. The van der Waals surface area contributed by atoms with Gasteiger partial charge in [-0.1, -0.05) is 32.6 Å². The number of rotatable bonds is 4. The topological polar surface area (TPSA) is 12.5 Å². The number of piperidine rings is 1. The van der Waals surface area contributed by atoms with Crippen LogP contribution in [0, 0.1) is 34.5 Å². The lowest BCUT2D eigenvalue weighted by Crippen LogP contribution is -2.40. The molecule has 144 valence electrons. The summed E-state index contributed by atoms with van der Waals surface area (Å²) in [7, 11) is 0. The average Bonchev–Trinajstić information content (AvgIpc) is 2.53. The maximum absolute atomic E-state index is 8.57. The molecule has 2 rings (SSSR count). The zero-order valence-corrected chi connectivity index (χ0v) is 17.2. The fourth-order valence-corrected chi connectivity index (χ4v) is 3.63. The summed E-state index contributed by atoms with van der Waals surface area (Å²) in [6.07, 6.45) is 2.30. The van der Waals surface area contributed by atoms with Gasteiger partial charge in [0.15, 0.2) is 0 Å². The first-order valence-electron chi connectivity index (χ1n) is 12.4.